The molecule has 3 rings (SSSR count). The van der Waals surface area contributed by atoms with E-state index in [1.54, 1.807) is 0 Å². The number of nitrogens with one attached hydrogen (secondary N) is 2. The van der Waals surface area contributed by atoms with Gasteiger partial charge in [-0.2, -0.15) is 0 Å². The van der Waals surface area contributed by atoms with Crippen LogP contribution in [0.3, 0.4) is 0 Å². The molecule has 1 aromatic rings. The van der Waals surface area contributed by atoms with E-state index in [2.05, 4.69) is 41.8 Å². The Morgan fingerprint density at radius 3 is 3.00 bits per heavy atom. The van der Waals surface area contributed by atoms with Gasteiger partial charge in [-0.25, -0.2) is 0 Å². The molecule has 0 bridgehead atoms. The number of allylic oxidation sites excluding steroid dienone is 1. The van der Waals surface area contributed by atoms with Crippen molar-refractivity contribution in [2.24, 2.45) is 5.92 Å². The standard InChI is InChI=1S/C15H20N2/c1-11-4-6-15(17-10-11)13-5-7-14-12(9-13)3-2-8-16-14/h5-7,9,11,16-17H,2-4,8,10H2,1H3/t11-/m0/s1. The fraction of sp³-hybridized carbons (Fsp3) is 0.467. The number of benzene rings is 1. The Bertz CT molecular complexity index is 448. The van der Waals surface area contributed by atoms with Gasteiger partial charge in [0.15, 0.2) is 0 Å². The number of hydrogen-bond acceptors (Lipinski definition) is 2. The maximum absolute atomic E-state index is 3.53. The van der Waals surface area contributed by atoms with E-state index in [1.807, 2.05) is 0 Å². The summed E-state index contributed by atoms with van der Waals surface area (Å²) >= 11 is 0. The van der Waals surface area contributed by atoms with Crippen molar-refractivity contribution in [1.82, 2.24) is 5.32 Å². The molecule has 0 fully saturated rings. The zero-order valence-corrected chi connectivity index (χ0v) is 10.4. The van der Waals surface area contributed by atoms with Crippen LogP contribution in [0.5, 0.6) is 0 Å². The Morgan fingerprint density at radius 1 is 1.24 bits per heavy atom. The summed E-state index contributed by atoms with van der Waals surface area (Å²) < 4.78 is 0. The maximum atomic E-state index is 3.53. The van der Waals surface area contributed by atoms with Gasteiger partial charge in [-0.3, -0.25) is 0 Å². The van der Waals surface area contributed by atoms with Gasteiger partial charge in [0.05, 0.1) is 0 Å². The third-order valence-electron chi connectivity index (χ3n) is 3.72. The monoisotopic (exact) mass is 228 g/mol. The molecule has 90 valence electrons. The molecular weight excluding hydrogens is 208 g/mol. The number of anilines is 1. The van der Waals surface area contributed by atoms with Crippen LogP contribution in [0, 0.1) is 5.92 Å². The summed E-state index contributed by atoms with van der Waals surface area (Å²) in [6.07, 6.45) is 5.99. The predicted octanol–water partition coefficient (Wildman–Crippen LogP) is 3.02. The molecule has 2 aliphatic heterocycles. The minimum atomic E-state index is 0.762. The maximum Gasteiger partial charge on any atom is 0.0373 e. The van der Waals surface area contributed by atoms with Gasteiger partial charge in [0.2, 0.25) is 0 Å². The fourth-order valence-corrected chi connectivity index (χ4v) is 2.62. The quantitative estimate of drug-likeness (QED) is 0.772. The second-order valence-electron chi connectivity index (χ2n) is 5.24. The zero-order valence-electron chi connectivity index (χ0n) is 10.4. The van der Waals surface area contributed by atoms with Gasteiger partial charge in [0.1, 0.15) is 0 Å². The number of rotatable bonds is 1. The first-order chi connectivity index (χ1) is 8.33. The summed E-state index contributed by atoms with van der Waals surface area (Å²) in [5.74, 6) is 0.762. The molecule has 0 saturated heterocycles. The van der Waals surface area contributed by atoms with E-state index in [0.29, 0.717) is 0 Å². The van der Waals surface area contributed by atoms with Crippen molar-refractivity contribution in [2.45, 2.75) is 26.2 Å². The summed E-state index contributed by atoms with van der Waals surface area (Å²) in [5, 5.41) is 6.99. The Kier molecular flexibility index (Phi) is 2.79. The minimum Gasteiger partial charge on any atom is -0.385 e. The largest absolute Gasteiger partial charge is 0.385 e. The van der Waals surface area contributed by atoms with Gasteiger partial charge in [-0.05, 0) is 48.4 Å². The van der Waals surface area contributed by atoms with Gasteiger partial charge >= 0.3 is 0 Å². The van der Waals surface area contributed by atoms with Crippen LogP contribution < -0.4 is 10.6 Å². The Labute approximate surface area is 103 Å². The molecule has 0 aromatic heterocycles. The van der Waals surface area contributed by atoms with E-state index in [-0.39, 0.29) is 0 Å². The smallest absolute Gasteiger partial charge is 0.0373 e. The highest BCUT2D eigenvalue weighted by atomic mass is 14.9. The van der Waals surface area contributed by atoms with E-state index < -0.39 is 0 Å². The molecule has 0 amide bonds. The second-order valence-corrected chi connectivity index (χ2v) is 5.24. The van der Waals surface area contributed by atoms with Crippen LogP contribution in [-0.2, 0) is 6.42 Å². The Balaban J connectivity index is 1.88. The molecule has 2 aliphatic rings. The lowest BCUT2D eigenvalue weighted by Gasteiger charge is -2.23. The molecule has 2 heteroatoms. The minimum absolute atomic E-state index is 0.762. The van der Waals surface area contributed by atoms with Crippen molar-refractivity contribution in [3.63, 3.8) is 0 Å². The highest BCUT2D eigenvalue weighted by Gasteiger charge is 2.13. The first-order valence-electron chi connectivity index (χ1n) is 6.64. The van der Waals surface area contributed by atoms with Crippen LogP contribution in [0.25, 0.3) is 5.70 Å². The molecule has 0 saturated carbocycles. The molecule has 2 N–H and O–H groups in total. The first-order valence-corrected chi connectivity index (χ1v) is 6.64. The van der Waals surface area contributed by atoms with Gasteiger partial charge in [-0.1, -0.05) is 19.1 Å². The molecule has 2 heterocycles. The topological polar surface area (TPSA) is 24.1 Å². The highest BCUT2D eigenvalue weighted by Crippen LogP contribution is 2.27. The second kappa shape index (κ2) is 4.44. The molecule has 2 nitrogen and oxygen atoms in total. The molecule has 1 atom stereocenters. The van der Waals surface area contributed by atoms with Crippen molar-refractivity contribution in [3.05, 3.63) is 35.4 Å². The third kappa shape index (κ3) is 2.17. The van der Waals surface area contributed by atoms with Gasteiger partial charge in [0, 0.05) is 24.5 Å². The lowest BCUT2D eigenvalue weighted by molar-refractivity contribution is 0.549. The zero-order chi connectivity index (χ0) is 11.7. The lowest BCUT2D eigenvalue weighted by atomic mass is 9.96. The molecule has 0 aliphatic carbocycles. The van der Waals surface area contributed by atoms with E-state index in [0.717, 1.165) is 19.0 Å². The normalized spacial score (nSPS) is 23.1. The fourth-order valence-electron chi connectivity index (χ4n) is 2.62. The van der Waals surface area contributed by atoms with Crippen LogP contribution >= 0.6 is 0 Å². The van der Waals surface area contributed by atoms with Crippen molar-refractivity contribution in [1.29, 1.82) is 0 Å². The third-order valence-corrected chi connectivity index (χ3v) is 3.72. The van der Waals surface area contributed by atoms with Gasteiger partial charge in [-0.15, -0.1) is 0 Å². The average Bonchev–Trinajstić information content (AvgIpc) is 2.39. The molecular formula is C15H20N2. The summed E-state index contributed by atoms with van der Waals surface area (Å²) in [4.78, 5) is 0. The van der Waals surface area contributed by atoms with E-state index in [1.165, 1.54) is 41.8 Å². The summed E-state index contributed by atoms with van der Waals surface area (Å²) in [7, 11) is 0. The number of hydrogen-bond donors (Lipinski definition) is 2. The van der Waals surface area contributed by atoms with Crippen LogP contribution in [0.1, 0.15) is 30.9 Å². The van der Waals surface area contributed by atoms with Crippen molar-refractivity contribution >= 4 is 11.4 Å². The number of fused-ring (bicyclic) bond motifs is 1. The summed E-state index contributed by atoms with van der Waals surface area (Å²) in [5.41, 5.74) is 5.45. The predicted molar refractivity (Wildman–Crippen MR) is 73.0 cm³/mol. The molecule has 0 unspecified atom stereocenters. The van der Waals surface area contributed by atoms with Crippen molar-refractivity contribution < 1.29 is 0 Å². The van der Waals surface area contributed by atoms with Crippen LogP contribution in [0.15, 0.2) is 24.3 Å². The first kappa shape index (κ1) is 10.7. The number of aryl methyl sites for hydroxylation is 1. The summed E-state index contributed by atoms with van der Waals surface area (Å²) in [6.45, 7) is 4.50. The van der Waals surface area contributed by atoms with Crippen LogP contribution in [-0.4, -0.2) is 13.1 Å². The molecule has 17 heavy (non-hydrogen) atoms. The average molecular weight is 228 g/mol. The lowest BCUT2D eigenvalue weighted by Crippen LogP contribution is -2.24. The van der Waals surface area contributed by atoms with Crippen LogP contribution in [0.2, 0.25) is 0 Å². The highest BCUT2D eigenvalue weighted by molar-refractivity contribution is 5.68. The Morgan fingerprint density at radius 2 is 2.18 bits per heavy atom. The van der Waals surface area contributed by atoms with E-state index in [4.69, 9.17) is 0 Å². The van der Waals surface area contributed by atoms with E-state index in [9.17, 15) is 0 Å². The summed E-state index contributed by atoms with van der Waals surface area (Å²) in [6, 6.07) is 6.80. The van der Waals surface area contributed by atoms with Crippen molar-refractivity contribution in [2.75, 3.05) is 18.4 Å². The van der Waals surface area contributed by atoms with E-state index >= 15 is 0 Å². The van der Waals surface area contributed by atoms with Crippen LogP contribution in [0.4, 0.5) is 5.69 Å². The van der Waals surface area contributed by atoms with Gasteiger partial charge < -0.3 is 10.6 Å². The molecule has 0 radical (unpaired) electrons. The SMILES string of the molecule is C[C@H]1CC=C(c2ccc3c(c2)CCCN3)NC1. The molecule has 1 aromatic carbocycles. The Hall–Kier alpha value is -1.44. The van der Waals surface area contributed by atoms with Gasteiger partial charge in [0.25, 0.3) is 0 Å². The van der Waals surface area contributed by atoms with Crippen molar-refractivity contribution in [3.8, 4) is 0 Å². The molecule has 0 spiro atoms.